The van der Waals surface area contributed by atoms with Crippen molar-refractivity contribution >= 4 is 0 Å². The summed E-state index contributed by atoms with van der Waals surface area (Å²) in [5.41, 5.74) is 2.82. The number of nitrogens with zero attached hydrogens (tertiary/aromatic N) is 2. The molecule has 0 amide bonds. The second kappa shape index (κ2) is 6.66. The van der Waals surface area contributed by atoms with E-state index in [9.17, 15) is 0 Å². The molecule has 0 spiro atoms. The number of hydrogen-bond acceptors (Lipinski definition) is 2. The second-order valence-electron chi connectivity index (χ2n) is 4.48. The third-order valence-corrected chi connectivity index (χ3v) is 2.98. The molecule has 0 atom stereocenters. The van der Waals surface area contributed by atoms with E-state index < -0.39 is 0 Å². The normalized spacial score (nSPS) is 11.4. The van der Waals surface area contributed by atoms with Crippen LogP contribution in [0.2, 0.25) is 0 Å². The maximum absolute atomic E-state index is 2.32. The quantitative estimate of drug-likeness (QED) is 0.727. The molecule has 1 aromatic carbocycles. The Balaban J connectivity index is 2.63. The zero-order valence-electron chi connectivity index (χ0n) is 11.0. The van der Waals surface area contributed by atoms with Crippen LogP contribution in [-0.4, -0.2) is 37.0 Å². The summed E-state index contributed by atoms with van der Waals surface area (Å²) in [5.74, 6) is 0. The lowest BCUT2D eigenvalue weighted by molar-refractivity contribution is 0.340. The molecule has 0 aromatic heterocycles. The van der Waals surface area contributed by atoms with Crippen LogP contribution < -0.4 is 0 Å². The van der Waals surface area contributed by atoms with E-state index in [-0.39, 0.29) is 0 Å². The summed E-state index contributed by atoms with van der Waals surface area (Å²) in [6, 6.07) is 8.90. The Hall–Kier alpha value is -0.860. The molecule has 1 aromatic rings. The predicted octanol–water partition coefficient (Wildman–Crippen LogP) is 2.59. The van der Waals surface area contributed by atoms with E-state index in [1.807, 2.05) is 0 Å². The minimum absolute atomic E-state index is 1.04. The van der Waals surface area contributed by atoms with E-state index >= 15 is 0 Å². The lowest BCUT2D eigenvalue weighted by Crippen LogP contribution is -2.18. The van der Waals surface area contributed by atoms with Gasteiger partial charge >= 0.3 is 0 Å². The fourth-order valence-electron chi connectivity index (χ4n) is 1.67. The van der Waals surface area contributed by atoms with Crippen molar-refractivity contribution in [2.75, 3.05) is 27.2 Å². The lowest BCUT2D eigenvalue weighted by Gasteiger charge is -2.17. The van der Waals surface area contributed by atoms with Crippen LogP contribution in [0.15, 0.2) is 24.3 Å². The Labute approximate surface area is 99.9 Å². The molecule has 0 aliphatic rings. The van der Waals surface area contributed by atoms with Crippen LogP contribution in [-0.2, 0) is 13.1 Å². The summed E-state index contributed by atoms with van der Waals surface area (Å²) in [4.78, 5) is 4.64. The molecular formula is C14H24N2. The van der Waals surface area contributed by atoms with Gasteiger partial charge < -0.3 is 9.80 Å². The fraction of sp³-hybridized carbons (Fsp3) is 0.571. The van der Waals surface area contributed by atoms with Crippen LogP contribution in [0.1, 0.15) is 25.0 Å². The van der Waals surface area contributed by atoms with Crippen molar-refractivity contribution < 1.29 is 0 Å². The van der Waals surface area contributed by atoms with Gasteiger partial charge in [0.15, 0.2) is 0 Å². The van der Waals surface area contributed by atoms with Crippen LogP contribution in [0.25, 0.3) is 0 Å². The first kappa shape index (κ1) is 13.2. The van der Waals surface area contributed by atoms with Crippen molar-refractivity contribution in [2.24, 2.45) is 0 Å². The van der Waals surface area contributed by atoms with E-state index in [2.05, 4.69) is 62.0 Å². The third kappa shape index (κ3) is 4.33. The summed E-state index contributed by atoms with van der Waals surface area (Å²) >= 11 is 0. The molecule has 0 aliphatic heterocycles. The molecule has 0 radical (unpaired) electrons. The minimum Gasteiger partial charge on any atom is -0.302 e. The molecule has 90 valence electrons. The average Bonchev–Trinajstić information content (AvgIpc) is 2.29. The van der Waals surface area contributed by atoms with Crippen LogP contribution in [0.5, 0.6) is 0 Å². The number of hydrogen-bond donors (Lipinski definition) is 0. The van der Waals surface area contributed by atoms with E-state index in [1.54, 1.807) is 0 Å². The largest absolute Gasteiger partial charge is 0.302 e. The molecule has 0 saturated carbocycles. The van der Waals surface area contributed by atoms with E-state index in [0.717, 1.165) is 26.2 Å². The van der Waals surface area contributed by atoms with Crippen molar-refractivity contribution in [2.45, 2.75) is 26.9 Å². The van der Waals surface area contributed by atoms with Crippen molar-refractivity contribution in [1.29, 1.82) is 0 Å². The van der Waals surface area contributed by atoms with Crippen molar-refractivity contribution in [3.63, 3.8) is 0 Å². The van der Waals surface area contributed by atoms with Crippen molar-refractivity contribution in [3.8, 4) is 0 Å². The van der Waals surface area contributed by atoms with Crippen LogP contribution in [0.4, 0.5) is 0 Å². The fourth-order valence-corrected chi connectivity index (χ4v) is 1.67. The molecule has 2 nitrogen and oxygen atoms in total. The molecule has 0 N–H and O–H groups in total. The first-order valence-corrected chi connectivity index (χ1v) is 6.10. The van der Waals surface area contributed by atoms with Gasteiger partial charge in [-0.1, -0.05) is 38.1 Å². The molecule has 0 heterocycles. The molecule has 1 rings (SSSR count). The zero-order chi connectivity index (χ0) is 12.0. The first-order chi connectivity index (χ1) is 7.65. The Kier molecular flexibility index (Phi) is 5.50. The molecule has 0 bridgehead atoms. The van der Waals surface area contributed by atoms with Gasteiger partial charge in [0.05, 0.1) is 0 Å². The van der Waals surface area contributed by atoms with Gasteiger partial charge in [-0.25, -0.2) is 0 Å². The molecule has 0 aliphatic carbocycles. The van der Waals surface area contributed by atoms with Gasteiger partial charge in [0.2, 0.25) is 0 Å². The average molecular weight is 220 g/mol. The van der Waals surface area contributed by atoms with Gasteiger partial charge in [-0.05, 0) is 38.3 Å². The Bertz CT molecular complexity index is 282. The standard InChI is InChI=1S/C14H24N2/c1-5-15(3)11-13-8-7-9-14(10-13)12-16(4)6-2/h7-10H,5-6,11-12H2,1-4H3. The third-order valence-electron chi connectivity index (χ3n) is 2.98. The molecule has 0 saturated heterocycles. The maximum Gasteiger partial charge on any atom is 0.0230 e. The molecule has 0 fully saturated rings. The van der Waals surface area contributed by atoms with Gasteiger partial charge in [-0.2, -0.15) is 0 Å². The summed E-state index contributed by atoms with van der Waals surface area (Å²) in [5, 5.41) is 0. The highest BCUT2D eigenvalue weighted by Gasteiger charge is 2.01. The van der Waals surface area contributed by atoms with Gasteiger partial charge in [-0.15, -0.1) is 0 Å². The zero-order valence-corrected chi connectivity index (χ0v) is 11.0. The first-order valence-electron chi connectivity index (χ1n) is 6.10. The van der Waals surface area contributed by atoms with Gasteiger partial charge in [0.1, 0.15) is 0 Å². The Morgan fingerprint density at radius 3 is 1.69 bits per heavy atom. The summed E-state index contributed by atoms with van der Waals surface area (Å²) in [7, 11) is 4.32. The number of benzene rings is 1. The minimum atomic E-state index is 1.04. The Morgan fingerprint density at radius 1 is 0.875 bits per heavy atom. The second-order valence-corrected chi connectivity index (χ2v) is 4.48. The van der Waals surface area contributed by atoms with Crippen LogP contribution in [0, 0.1) is 0 Å². The van der Waals surface area contributed by atoms with E-state index in [0.29, 0.717) is 0 Å². The van der Waals surface area contributed by atoms with Crippen LogP contribution >= 0.6 is 0 Å². The maximum atomic E-state index is 2.32. The molecular weight excluding hydrogens is 196 g/mol. The number of rotatable bonds is 6. The molecule has 16 heavy (non-hydrogen) atoms. The van der Waals surface area contributed by atoms with Crippen molar-refractivity contribution in [3.05, 3.63) is 35.4 Å². The van der Waals surface area contributed by atoms with Crippen LogP contribution in [0.3, 0.4) is 0 Å². The summed E-state index contributed by atoms with van der Waals surface area (Å²) < 4.78 is 0. The highest BCUT2D eigenvalue weighted by atomic mass is 15.1. The topological polar surface area (TPSA) is 6.48 Å². The lowest BCUT2D eigenvalue weighted by atomic mass is 10.1. The van der Waals surface area contributed by atoms with E-state index in [1.165, 1.54) is 11.1 Å². The highest BCUT2D eigenvalue weighted by Crippen LogP contribution is 2.09. The molecule has 0 unspecified atom stereocenters. The monoisotopic (exact) mass is 220 g/mol. The van der Waals surface area contributed by atoms with Crippen molar-refractivity contribution in [1.82, 2.24) is 9.80 Å². The van der Waals surface area contributed by atoms with Gasteiger partial charge in [0, 0.05) is 13.1 Å². The van der Waals surface area contributed by atoms with Gasteiger partial charge in [-0.3, -0.25) is 0 Å². The SMILES string of the molecule is CCN(C)Cc1cccc(CN(C)CC)c1. The van der Waals surface area contributed by atoms with E-state index in [4.69, 9.17) is 0 Å². The summed E-state index contributed by atoms with van der Waals surface area (Å²) in [6.45, 7) is 8.65. The smallest absolute Gasteiger partial charge is 0.0230 e. The molecule has 2 heteroatoms. The highest BCUT2D eigenvalue weighted by molar-refractivity contribution is 5.23. The Morgan fingerprint density at radius 2 is 1.31 bits per heavy atom. The summed E-state index contributed by atoms with van der Waals surface area (Å²) in [6.07, 6.45) is 0. The van der Waals surface area contributed by atoms with Gasteiger partial charge in [0.25, 0.3) is 0 Å². The predicted molar refractivity (Wildman–Crippen MR) is 70.5 cm³/mol.